The van der Waals surface area contributed by atoms with Crippen LogP contribution in [0.25, 0.3) is 11.0 Å². The number of hydrogen-bond acceptors (Lipinski definition) is 4. The van der Waals surface area contributed by atoms with Gasteiger partial charge in [0.05, 0.1) is 23.7 Å². The van der Waals surface area contributed by atoms with Crippen molar-refractivity contribution in [2.45, 2.75) is 44.2 Å². The Bertz CT molecular complexity index is 778. The first kappa shape index (κ1) is 17.4. The number of halogens is 1. The molecule has 0 bridgehead atoms. The summed E-state index contributed by atoms with van der Waals surface area (Å²) in [5, 5.41) is 6.52. The van der Waals surface area contributed by atoms with Gasteiger partial charge in [0.15, 0.2) is 0 Å². The molecule has 3 atom stereocenters. The van der Waals surface area contributed by atoms with Crippen LogP contribution in [-0.4, -0.2) is 47.7 Å². The van der Waals surface area contributed by atoms with Crippen molar-refractivity contribution in [1.29, 1.82) is 0 Å². The first-order valence-electron chi connectivity index (χ1n) is 9.46. The van der Waals surface area contributed by atoms with Crippen molar-refractivity contribution in [3.63, 3.8) is 0 Å². The lowest BCUT2D eigenvalue weighted by atomic mass is 9.82. The van der Waals surface area contributed by atoms with Crippen molar-refractivity contribution in [1.82, 2.24) is 20.6 Å². The van der Waals surface area contributed by atoms with Gasteiger partial charge in [-0.25, -0.2) is 9.37 Å². The summed E-state index contributed by atoms with van der Waals surface area (Å²) in [5.74, 6) is 0.763. The predicted octanol–water partition coefficient (Wildman–Crippen LogP) is 1.91. The number of ether oxygens (including phenoxy) is 1. The Morgan fingerprint density at radius 3 is 3.23 bits per heavy atom. The molecule has 1 saturated heterocycles. The fraction of sp³-hybridized carbons (Fsp3) is 0.579. The Morgan fingerprint density at radius 1 is 1.38 bits per heavy atom. The van der Waals surface area contributed by atoms with Crippen LogP contribution >= 0.6 is 0 Å². The summed E-state index contributed by atoms with van der Waals surface area (Å²) in [4.78, 5) is 20.0. The molecule has 6 nitrogen and oxygen atoms in total. The summed E-state index contributed by atoms with van der Waals surface area (Å²) in [7, 11) is 0. The van der Waals surface area contributed by atoms with E-state index in [0.717, 1.165) is 56.6 Å². The smallest absolute Gasteiger partial charge is 0.223 e. The van der Waals surface area contributed by atoms with Crippen LogP contribution in [0.4, 0.5) is 4.39 Å². The number of morpholine rings is 1. The SMILES string of the molecule is O=C(NCCCc1nc2ccc(F)cc2[nH]1)[C@H]1CC[C@H]2OCCN[C@@H]2C1. The molecule has 2 heterocycles. The van der Waals surface area contributed by atoms with Gasteiger partial charge in [-0.15, -0.1) is 0 Å². The molecule has 7 heteroatoms. The number of carbonyl (C=O) groups excluding carboxylic acids is 1. The summed E-state index contributed by atoms with van der Waals surface area (Å²) in [5.41, 5.74) is 1.48. The third kappa shape index (κ3) is 3.88. The minimum Gasteiger partial charge on any atom is -0.375 e. The van der Waals surface area contributed by atoms with Gasteiger partial charge in [-0.2, -0.15) is 0 Å². The second kappa shape index (κ2) is 7.72. The molecule has 2 fully saturated rings. The molecular weight excluding hydrogens is 335 g/mol. The molecular formula is C19H25FN4O2. The minimum atomic E-state index is -0.271. The Balaban J connectivity index is 1.22. The van der Waals surface area contributed by atoms with Crippen LogP contribution in [0.1, 0.15) is 31.5 Å². The Kier molecular flexibility index (Phi) is 5.17. The number of fused-ring (bicyclic) bond motifs is 2. The summed E-state index contributed by atoms with van der Waals surface area (Å²) in [6, 6.07) is 4.84. The van der Waals surface area contributed by atoms with Crippen LogP contribution in [0.5, 0.6) is 0 Å². The Hall–Kier alpha value is -1.99. The van der Waals surface area contributed by atoms with E-state index in [4.69, 9.17) is 4.74 Å². The van der Waals surface area contributed by atoms with Gasteiger partial charge in [0.2, 0.25) is 5.91 Å². The number of nitrogens with zero attached hydrogens (tertiary/aromatic N) is 1. The van der Waals surface area contributed by atoms with E-state index >= 15 is 0 Å². The highest BCUT2D eigenvalue weighted by Gasteiger charge is 2.35. The molecule has 0 radical (unpaired) electrons. The van der Waals surface area contributed by atoms with Gasteiger partial charge in [-0.1, -0.05) is 0 Å². The van der Waals surface area contributed by atoms with E-state index in [1.54, 1.807) is 6.07 Å². The quantitative estimate of drug-likeness (QED) is 0.712. The topological polar surface area (TPSA) is 79.0 Å². The van der Waals surface area contributed by atoms with E-state index in [-0.39, 0.29) is 23.7 Å². The number of H-pyrrole nitrogens is 1. The standard InChI is InChI=1S/C19H25FN4O2/c20-13-4-5-14-15(11-13)24-18(23-14)2-1-7-22-19(25)12-3-6-17-16(10-12)21-8-9-26-17/h4-5,11-12,16-17,21H,1-3,6-10H2,(H,22,25)(H,23,24)/t12-,16+,17+/m0/s1. The Labute approximate surface area is 151 Å². The van der Waals surface area contributed by atoms with Crippen molar-refractivity contribution in [3.05, 3.63) is 29.8 Å². The number of aromatic amines is 1. The maximum Gasteiger partial charge on any atom is 0.223 e. The van der Waals surface area contributed by atoms with Gasteiger partial charge in [0.1, 0.15) is 11.6 Å². The third-order valence-electron chi connectivity index (χ3n) is 5.38. The highest BCUT2D eigenvalue weighted by Crippen LogP contribution is 2.28. The first-order valence-corrected chi connectivity index (χ1v) is 9.46. The number of hydrogen-bond donors (Lipinski definition) is 3. The fourth-order valence-electron chi connectivity index (χ4n) is 4.01. The van der Waals surface area contributed by atoms with E-state index < -0.39 is 0 Å². The fourth-order valence-corrected chi connectivity index (χ4v) is 4.01. The van der Waals surface area contributed by atoms with Crippen LogP contribution in [0.15, 0.2) is 18.2 Å². The molecule has 1 aliphatic heterocycles. The number of carbonyl (C=O) groups is 1. The maximum absolute atomic E-state index is 13.2. The van der Waals surface area contributed by atoms with Gasteiger partial charge >= 0.3 is 0 Å². The van der Waals surface area contributed by atoms with Crippen LogP contribution in [0, 0.1) is 11.7 Å². The lowest BCUT2D eigenvalue weighted by Crippen LogP contribution is -2.53. The number of rotatable bonds is 5. The van der Waals surface area contributed by atoms with Crippen molar-refractivity contribution >= 4 is 16.9 Å². The second-order valence-electron chi connectivity index (χ2n) is 7.22. The number of nitrogens with one attached hydrogen (secondary N) is 3. The highest BCUT2D eigenvalue weighted by atomic mass is 19.1. The third-order valence-corrected chi connectivity index (χ3v) is 5.38. The molecule has 140 valence electrons. The van der Waals surface area contributed by atoms with Gasteiger partial charge in [0, 0.05) is 31.5 Å². The normalized spacial score (nSPS) is 25.8. The first-order chi connectivity index (χ1) is 12.7. The second-order valence-corrected chi connectivity index (χ2v) is 7.22. The Morgan fingerprint density at radius 2 is 2.31 bits per heavy atom. The van der Waals surface area contributed by atoms with Crippen molar-refractivity contribution in [2.24, 2.45) is 5.92 Å². The zero-order chi connectivity index (χ0) is 17.9. The largest absolute Gasteiger partial charge is 0.375 e. The number of imidazole rings is 1. The molecule has 26 heavy (non-hydrogen) atoms. The number of aryl methyl sites for hydroxylation is 1. The monoisotopic (exact) mass is 360 g/mol. The van der Waals surface area contributed by atoms with E-state index in [1.165, 1.54) is 12.1 Å². The number of aromatic nitrogens is 2. The molecule has 3 N–H and O–H groups in total. The van der Waals surface area contributed by atoms with Crippen molar-refractivity contribution in [2.75, 3.05) is 19.7 Å². The molecule has 4 rings (SSSR count). The predicted molar refractivity (Wildman–Crippen MR) is 96.3 cm³/mol. The van der Waals surface area contributed by atoms with Crippen LogP contribution in [0.3, 0.4) is 0 Å². The summed E-state index contributed by atoms with van der Waals surface area (Å²) >= 11 is 0. The molecule has 1 aromatic heterocycles. The molecule has 1 aromatic carbocycles. The molecule has 1 amide bonds. The zero-order valence-corrected chi connectivity index (χ0v) is 14.8. The van der Waals surface area contributed by atoms with Crippen LogP contribution < -0.4 is 10.6 Å². The summed E-state index contributed by atoms with van der Waals surface area (Å²) < 4.78 is 19.0. The average Bonchev–Trinajstić information content (AvgIpc) is 3.06. The molecule has 1 aliphatic carbocycles. The van der Waals surface area contributed by atoms with E-state index in [9.17, 15) is 9.18 Å². The number of benzene rings is 1. The zero-order valence-electron chi connectivity index (χ0n) is 14.8. The van der Waals surface area contributed by atoms with E-state index in [1.807, 2.05) is 0 Å². The van der Waals surface area contributed by atoms with Gasteiger partial charge in [-0.05, 0) is 43.9 Å². The molecule has 2 aliphatic rings. The van der Waals surface area contributed by atoms with E-state index in [0.29, 0.717) is 18.1 Å². The van der Waals surface area contributed by atoms with Gasteiger partial charge < -0.3 is 20.4 Å². The van der Waals surface area contributed by atoms with E-state index in [2.05, 4.69) is 20.6 Å². The number of amides is 1. The summed E-state index contributed by atoms with van der Waals surface area (Å²) in [6.07, 6.45) is 4.49. The van der Waals surface area contributed by atoms with Gasteiger partial charge in [-0.3, -0.25) is 4.79 Å². The summed E-state index contributed by atoms with van der Waals surface area (Å²) in [6.45, 7) is 2.27. The highest BCUT2D eigenvalue weighted by molar-refractivity contribution is 5.78. The van der Waals surface area contributed by atoms with Crippen molar-refractivity contribution in [3.8, 4) is 0 Å². The molecule has 1 saturated carbocycles. The molecule has 0 unspecified atom stereocenters. The lowest BCUT2D eigenvalue weighted by molar-refractivity contribution is -0.128. The van der Waals surface area contributed by atoms with Crippen molar-refractivity contribution < 1.29 is 13.9 Å². The van der Waals surface area contributed by atoms with Crippen LogP contribution in [-0.2, 0) is 16.0 Å². The lowest BCUT2D eigenvalue weighted by Gasteiger charge is -2.39. The maximum atomic E-state index is 13.2. The average molecular weight is 360 g/mol. The van der Waals surface area contributed by atoms with Crippen LogP contribution in [0.2, 0.25) is 0 Å². The molecule has 0 spiro atoms. The van der Waals surface area contributed by atoms with Gasteiger partial charge in [0.25, 0.3) is 0 Å². The minimum absolute atomic E-state index is 0.0691. The molecule has 2 aromatic rings.